The van der Waals surface area contributed by atoms with E-state index in [0.29, 0.717) is 32.7 Å². The van der Waals surface area contributed by atoms with Gasteiger partial charge in [0, 0.05) is 74.7 Å². The van der Waals surface area contributed by atoms with E-state index in [1.165, 1.54) is 10.9 Å². The van der Waals surface area contributed by atoms with E-state index in [1.54, 1.807) is 19.1 Å². The van der Waals surface area contributed by atoms with Crippen LogP contribution in [0.5, 0.6) is 0 Å². The van der Waals surface area contributed by atoms with Crippen molar-refractivity contribution in [2.45, 2.75) is 77.1 Å². The third-order valence-electron chi connectivity index (χ3n) is 9.46. The molecule has 1 saturated carbocycles. The first-order chi connectivity index (χ1) is 23.1. The number of aryl methyl sites for hydroxylation is 1. The zero-order valence-electron chi connectivity index (χ0n) is 28.9. The van der Waals surface area contributed by atoms with Gasteiger partial charge >= 0.3 is 12.0 Å². The molecule has 1 aromatic heterocycles. The van der Waals surface area contributed by atoms with Crippen molar-refractivity contribution in [3.05, 3.63) is 89.5 Å². The van der Waals surface area contributed by atoms with Crippen molar-refractivity contribution in [3.63, 3.8) is 0 Å². The average Bonchev–Trinajstić information content (AvgIpc) is 3.88. The van der Waals surface area contributed by atoms with Crippen LogP contribution >= 0.6 is 0 Å². The number of likely N-dealkylation sites (tertiary alicyclic amines) is 1. The Kier molecular flexibility index (Phi) is 10.1. The molecule has 10 nitrogen and oxygen atoms in total. The van der Waals surface area contributed by atoms with Crippen LogP contribution < -0.4 is 10.9 Å². The molecule has 2 fully saturated rings. The van der Waals surface area contributed by atoms with E-state index in [0.717, 1.165) is 54.1 Å². The summed E-state index contributed by atoms with van der Waals surface area (Å²) in [7, 11) is 3.38. The molecule has 0 spiro atoms. The second kappa shape index (κ2) is 14.5. The molecule has 3 heterocycles. The number of benzene rings is 2. The quantitative estimate of drug-likeness (QED) is 0.220. The molecule has 2 aliphatic heterocycles. The molecule has 48 heavy (non-hydrogen) atoms. The maximum Gasteiger partial charge on any atom is 0.410 e. The van der Waals surface area contributed by atoms with Gasteiger partial charge in [0.15, 0.2) is 0 Å². The van der Waals surface area contributed by atoms with Crippen molar-refractivity contribution in [1.82, 2.24) is 19.8 Å². The van der Waals surface area contributed by atoms with Crippen molar-refractivity contribution in [2.75, 3.05) is 33.9 Å². The van der Waals surface area contributed by atoms with E-state index in [4.69, 9.17) is 14.2 Å². The Bertz CT molecular complexity index is 1680. The number of amides is 2. The van der Waals surface area contributed by atoms with Gasteiger partial charge in [0.25, 0.3) is 0 Å². The standard InChI is InChI=1S/C38H49N5O5/c1-38(2,3)48-37(45)42-20-18-30(26-10-8-11-27(22-26)33-16-17-35(47-5)40-39-33)32(25-42)36(44)43(29-14-15-29)24-28-23-41(19-9-21-46-4)34-13-7-6-12-31(28)34/h6-8,10-13,16-17,22-23,29-30,32,39-40H,9,14-15,18-21,24-25H2,1-5H3/p+1/t30-,32+/m1/s1. The Morgan fingerprint density at radius 3 is 2.56 bits per heavy atom. The minimum Gasteiger partial charge on any atom is -0.454 e. The van der Waals surface area contributed by atoms with Gasteiger partial charge in [-0.25, -0.2) is 10.2 Å². The number of hydrogen-bond donors (Lipinski definition) is 2. The van der Waals surface area contributed by atoms with Crippen LogP contribution in [0.25, 0.3) is 16.6 Å². The number of carbonyl (C=O) groups excluding carboxylic acids is 2. The Morgan fingerprint density at radius 1 is 1.04 bits per heavy atom. The van der Waals surface area contributed by atoms with E-state index in [1.807, 2.05) is 38.3 Å². The molecule has 0 radical (unpaired) electrons. The summed E-state index contributed by atoms with van der Waals surface area (Å²) in [5.74, 6) is 0.407. The molecular formula is C38H50N5O5+. The van der Waals surface area contributed by atoms with Crippen molar-refractivity contribution < 1.29 is 29.2 Å². The molecule has 2 atom stereocenters. The Balaban J connectivity index is 1.31. The van der Waals surface area contributed by atoms with E-state index >= 15 is 0 Å². The lowest BCUT2D eigenvalue weighted by atomic mass is 9.79. The van der Waals surface area contributed by atoms with Gasteiger partial charge in [-0.15, -0.1) is 0 Å². The number of ether oxygens (including phenoxy) is 3. The molecule has 1 aliphatic carbocycles. The first-order valence-electron chi connectivity index (χ1n) is 17.2. The number of nitrogens with one attached hydrogen (secondary N) is 1. The molecule has 10 heteroatoms. The molecule has 3 N–H and O–H groups in total. The summed E-state index contributed by atoms with van der Waals surface area (Å²) < 4.78 is 18.7. The molecule has 6 rings (SSSR count). The maximum absolute atomic E-state index is 14.9. The van der Waals surface area contributed by atoms with Crippen molar-refractivity contribution in [2.24, 2.45) is 5.92 Å². The number of piperidine rings is 1. The van der Waals surface area contributed by atoms with Gasteiger partial charge in [0.05, 0.1) is 18.7 Å². The minimum absolute atomic E-state index is 0.0500. The zero-order valence-corrected chi connectivity index (χ0v) is 28.9. The monoisotopic (exact) mass is 656 g/mol. The van der Waals surface area contributed by atoms with Crippen LogP contribution in [0.2, 0.25) is 0 Å². The van der Waals surface area contributed by atoms with Crippen molar-refractivity contribution in [3.8, 4) is 0 Å². The highest BCUT2D eigenvalue weighted by Crippen LogP contribution is 2.39. The molecule has 0 unspecified atom stereocenters. The van der Waals surface area contributed by atoms with E-state index in [9.17, 15) is 9.59 Å². The molecule has 1 saturated heterocycles. The predicted molar refractivity (Wildman–Crippen MR) is 185 cm³/mol. The van der Waals surface area contributed by atoms with Gasteiger partial charge in [0.1, 0.15) is 5.60 Å². The van der Waals surface area contributed by atoms with Gasteiger partial charge in [-0.05, 0) is 81.7 Å². The predicted octanol–water partition coefficient (Wildman–Crippen LogP) is 5.12. The number of para-hydroxylation sites is 1. The van der Waals surface area contributed by atoms with Gasteiger partial charge < -0.3 is 28.6 Å². The van der Waals surface area contributed by atoms with Crippen LogP contribution in [-0.4, -0.2) is 71.9 Å². The van der Waals surface area contributed by atoms with Crippen molar-refractivity contribution >= 4 is 28.6 Å². The summed E-state index contributed by atoms with van der Waals surface area (Å²) in [5.41, 5.74) is 9.99. The van der Waals surface area contributed by atoms with E-state index < -0.39 is 11.5 Å². The van der Waals surface area contributed by atoms with Crippen LogP contribution in [0, 0.1) is 5.92 Å². The third-order valence-corrected chi connectivity index (χ3v) is 9.46. The Morgan fingerprint density at radius 2 is 1.85 bits per heavy atom. The summed E-state index contributed by atoms with van der Waals surface area (Å²) in [5, 5.41) is 1.17. The number of nitrogens with zero attached hydrogens (tertiary/aromatic N) is 3. The van der Waals surface area contributed by atoms with E-state index in [2.05, 4.69) is 69.6 Å². The average molecular weight is 657 g/mol. The van der Waals surface area contributed by atoms with Gasteiger partial charge in [-0.1, -0.05) is 36.4 Å². The highest BCUT2D eigenvalue weighted by Gasteiger charge is 2.43. The number of methoxy groups -OCH3 is 2. The highest BCUT2D eigenvalue weighted by atomic mass is 16.6. The smallest absolute Gasteiger partial charge is 0.410 e. The fourth-order valence-electron chi connectivity index (χ4n) is 6.93. The normalized spacial score (nSPS) is 19.7. The zero-order chi connectivity index (χ0) is 33.8. The summed E-state index contributed by atoms with van der Waals surface area (Å²) in [4.78, 5) is 32.1. The molecule has 2 aromatic carbocycles. The number of aromatic nitrogens is 1. The molecule has 3 aromatic rings. The lowest BCUT2D eigenvalue weighted by molar-refractivity contribution is -0.676. The molecule has 0 bridgehead atoms. The maximum atomic E-state index is 14.9. The third kappa shape index (κ3) is 7.71. The van der Waals surface area contributed by atoms with Gasteiger partial charge in [-0.2, -0.15) is 5.43 Å². The fraction of sp³-hybridized carbons (Fsp3) is 0.474. The number of carbonyl (C=O) groups is 2. The van der Waals surface area contributed by atoms with Crippen LogP contribution in [0.3, 0.4) is 0 Å². The first kappa shape index (κ1) is 33.6. The van der Waals surface area contributed by atoms with Crippen LogP contribution in [-0.2, 0) is 32.1 Å². The number of fused-ring (bicyclic) bond motifs is 1. The minimum atomic E-state index is -0.617. The number of hydrogen-bond acceptors (Lipinski definition) is 6. The summed E-state index contributed by atoms with van der Waals surface area (Å²) in [6.45, 7) is 8.57. The lowest BCUT2D eigenvalue weighted by Crippen LogP contribution is -2.91. The highest BCUT2D eigenvalue weighted by molar-refractivity contribution is 5.86. The summed E-state index contributed by atoms with van der Waals surface area (Å²) in [6.07, 6.45) is 9.36. The van der Waals surface area contributed by atoms with Gasteiger partial charge in [0.2, 0.25) is 5.91 Å². The summed E-state index contributed by atoms with van der Waals surface area (Å²) in [6, 6.07) is 17.1. The largest absolute Gasteiger partial charge is 0.454 e. The van der Waals surface area contributed by atoms with Gasteiger partial charge in [-0.3, -0.25) is 4.79 Å². The van der Waals surface area contributed by atoms with Crippen LogP contribution in [0.1, 0.15) is 69.1 Å². The number of allylic oxidation sites excluding steroid dienone is 2. The fourth-order valence-corrected chi connectivity index (χ4v) is 6.93. The second-order valence-electron chi connectivity index (χ2n) is 14.1. The molecular weight excluding hydrogens is 606 g/mol. The van der Waals surface area contributed by atoms with Crippen molar-refractivity contribution in [1.29, 1.82) is 0 Å². The SMILES string of the molecule is COCCCn1cc(CN(C(=O)[C@H]2CN(C(=O)OC(C)(C)C)CC[C@@H]2c2cccc(C3=CC=C(OC)[NH2+]N3)c2)C2CC2)c2ccccc21. The Hall–Kier alpha value is -4.28. The molecule has 256 valence electrons. The molecule has 3 aliphatic rings. The first-order valence-corrected chi connectivity index (χ1v) is 17.2. The lowest BCUT2D eigenvalue weighted by Gasteiger charge is -2.40. The molecule has 2 amide bonds. The topological polar surface area (TPSA) is 102 Å². The second-order valence-corrected chi connectivity index (χ2v) is 14.1. The number of rotatable bonds is 11. The Labute approximate surface area is 283 Å². The number of nitrogens with two attached hydrogens (primary N) is 1. The van der Waals surface area contributed by atoms with Crippen LogP contribution in [0.15, 0.2) is 72.8 Å². The van der Waals surface area contributed by atoms with Crippen LogP contribution in [0.4, 0.5) is 4.79 Å². The summed E-state index contributed by atoms with van der Waals surface area (Å²) >= 11 is 0. The number of quaternary nitrogens is 1. The van der Waals surface area contributed by atoms with E-state index in [-0.39, 0.29) is 24.0 Å².